The molecule has 3 saturated carbocycles. The standard InChI is InChI=1S/C20H26N2O3/c1-12(2)21-18(24)15-10-13-8-9-19(15,3)11-20(13)22-17(23)14-6-4-5-7-16(14)25-20/h4-7,12-13,15H,8-11H2,1-3H3,(H,21,24)(H,22,23)/t13-,15-,19+,20+/m1/s1. The lowest BCUT2D eigenvalue weighted by Gasteiger charge is -2.59. The molecule has 1 aromatic rings. The van der Waals surface area contributed by atoms with Gasteiger partial charge in [-0.2, -0.15) is 0 Å². The largest absolute Gasteiger partial charge is 0.467 e. The summed E-state index contributed by atoms with van der Waals surface area (Å²) in [5, 5.41) is 6.22. The minimum atomic E-state index is -0.674. The van der Waals surface area contributed by atoms with E-state index < -0.39 is 5.72 Å². The van der Waals surface area contributed by atoms with Crippen molar-refractivity contribution in [3.05, 3.63) is 29.8 Å². The van der Waals surface area contributed by atoms with Gasteiger partial charge in [-0.05, 0) is 50.7 Å². The van der Waals surface area contributed by atoms with Gasteiger partial charge in [-0.15, -0.1) is 0 Å². The fraction of sp³-hybridized carbons (Fsp3) is 0.600. The van der Waals surface area contributed by atoms with Gasteiger partial charge in [-0.3, -0.25) is 9.59 Å². The van der Waals surface area contributed by atoms with Crippen LogP contribution in [0.5, 0.6) is 5.75 Å². The number of benzene rings is 1. The van der Waals surface area contributed by atoms with Gasteiger partial charge in [-0.1, -0.05) is 19.1 Å². The van der Waals surface area contributed by atoms with Crippen LogP contribution < -0.4 is 15.4 Å². The summed E-state index contributed by atoms with van der Waals surface area (Å²) in [6.07, 6.45) is 3.42. The summed E-state index contributed by atoms with van der Waals surface area (Å²) in [4.78, 5) is 25.3. The average molecular weight is 342 g/mol. The summed E-state index contributed by atoms with van der Waals surface area (Å²) in [7, 11) is 0. The molecule has 0 radical (unpaired) electrons. The molecule has 0 saturated heterocycles. The van der Waals surface area contributed by atoms with Crippen LogP contribution in [0.2, 0.25) is 0 Å². The van der Waals surface area contributed by atoms with E-state index in [1.165, 1.54) is 0 Å². The van der Waals surface area contributed by atoms with E-state index >= 15 is 0 Å². The average Bonchev–Trinajstić information content (AvgIpc) is 2.53. The molecule has 5 nitrogen and oxygen atoms in total. The van der Waals surface area contributed by atoms with E-state index in [1.54, 1.807) is 6.07 Å². The molecule has 25 heavy (non-hydrogen) atoms. The molecular weight excluding hydrogens is 316 g/mol. The highest BCUT2D eigenvalue weighted by molar-refractivity contribution is 5.98. The number of para-hydroxylation sites is 1. The number of ether oxygens (including phenoxy) is 1. The first-order valence-corrected chi connectivity index (χ1v) is 9.24. The lowest BCUT2D eigenvalue weighted by molar-refractivity contribution is -0.167. The summed E-state index contributed by atoms with van der Waals surface area (Å²) in [5.74, 6) is 0.873. The third-order valence-corrected chi connectivity index (χ3v) is 6.25. The number of amides is 2. The van der Waals surface area contributed by atoms with Crippen LogP contribution in [0.1, 0.15) is 56.8 Å². The molecule has 4 aliphatic rings. The third kappa shape index (κ3) is 2.52. The van der Waals surface area contributed by atoms with Crippen molar-refractivity contribution >= 4 is 11.8 Å². The van der Waals surface area contributed by atoms with Gasteiger partial charge in [0.1, 0.15) is 5.75 Å². The van der Waals surface area contributed by atoms with E-state index in [1.807, 2.05) is 32.0 Å². The molecule has 5 rings (SSSR count). The van der Waals surface area contributed by atoms with E-state index in [2.05, 4.69) is 17.6 Å². The Morgan fingerprint density at radius 2 is 2.12 bits per heavy atom. The maximum absolute atomic E-state index is 12.7. The van der Waals surface area contributed by atoms with Gasteiger partial charge in [0.2, 0.25) is 5.91 Å². The molecular formula is C20H26N2O3. The molecule has 5 heteroatoms. The Balaban J connectivity index is 1.64. The van der Waals surface area contributed by atoms with Crippen LogP contribution in [0.3, 0.4) is 0 Å². The minimum absolute atomic E-state index is 0.0167. The molecule has 0 unspecified atom stereocenters. The van der Waals surface area contributed by atoms with E-state index in [4.69, 9.17) is 4.74 Å². The lowest BCUT2D eigenvalue weighted by Crippen LogP contribution is -2.69. The summed E-state index contributed by atoms with van der Waals surface area (Å²) >= 11 is 0. The topological polar surface area (TPSA) is 67.4 Å². The smallest absolute Gasteiger partial charge is 0.258 e. The number of carbonyl (C=O) groups excluding carboxylic acids is 2. The van der Waals surface area contributed by atoms with Crippen molar-refractivity contribution in [2.24, 2.45) is 17.3 Å². The first-order chi connectivity index (χ1) is 11.8. The van der Waals surface area contributed by atoms with Crippen LogP contribution in [-0.2, 0) is 4.79 Å². The first kappa shape index (κ1) is 16.4. The van der Waals surface area contributed by atoms with Crippen molar-refractivity contribution in [3.8, 4) is 5.75 Å². The molecule has 1 aliphatic heterocycles. The molecule has 4 atom stereocenters. The van der Waals surface area contributed by atoms with Gasteiger partial charge in [0.05, 0.1) is 5.56 Å². The summed E-state index contributed by atoms with van der Waals surface area (Å²) < 4.78 is 6.38. The van der Waals surface area contributed by atoms with Crippen molar-refractivity contribution in [2.75, 3.05) is 0 Å². The Morgan fingerprint density at radius 3 is 2.84 bits per heavy atom. The number of rotatable bonds is 2. The van der Waals surface area contributed by atoms with Gasteiger partial charge >= 0.3 is 0 Å². The highest BCUT2D eigenvalue weighted by Crippen LogP contribution is 2.58. The Labute approximate surface area is 148 Å². The fourth-order valence-electron chi connectivity index (χ4n) is 5.04. The highest BCUT2D eigenvalue weighted by Gasteiger charge is 2.61. The van der Waals surface area contributed by atoms with Gasteiger partial charge in [0.25, 0.3) is 5.91 Å². The Morgan fingerprint density at radius 1 is 1.36 bits per heavy atom. The minimum Gasteiger partial charge on any atom is -0.467 e. The van der Waals surface area contributed by atoms with Crippen LogP contribution in [0.25, 0.3) is 0 Å². The van der Waals surface area contributed by atoms with Crippen molar-refractivity contribution in [1.29, 1.82) is 0 Å². The Hall–Kier alpha value is -2.04. The second kappa shape index (κ2) is 5.48. The number of hydrogen-bond acceptors (Lipinski definition) is 3. The maximum atomic E-state index is 12.7. The van der Waals surface area contributed by atoms with Crippen molar-refractivity contribution in [3.63, 3.8) is 0 Å². The maximum Gasteiger partial charge on any atom is 0.258 e. The van der Waals surface area contributed by atoms with Crippen LogP contribution in [0, 0.1) is 17.3 Å². The molecule has 0 aromatic heterocycles. The van der Waals surface area contributed by atoms with E-state index in [9.17, 15) is 9.59 Å². The van der Waals surface area contributed by atoms with Gasteiger partial charge < -0.3 is 15.4 Å². The van der Waals surface area contributed by atoms with Gasteiger partial charge in [0, 0.05) is 24.3 Å². The number of fused-ring (bicyclic) bond motifs is 3. The van der Waals surface area contributed by atoms with Gasteiger partial charge in [0.15, 0.2) is 5.72 Å². The Bertz CT molecular complexity index is 731. The summed E-state index contributed by atoms with van der Waals surface area (Å²) in [6.45, 7) is 6.15. The van der Waals surface area contributed by atoms with E-state index in [0.717, 1.165) is 19.3 Å². The molecule has 3 aliphatic carbocycles. The fourth-order valence-corrected chi connectivity index (χ4v) is 5.04. The monoisotopic (exact) mass is 342 g/mol. The molecule has 2 amide bonds. The summed E-state index contributed by atoms with van der Waals surface area (Å²) in [5.41, 5.74) is -0.241. The zero-order valence-corrected chi connectivity index (χ0v) is 15.1. The third-order valence-electron chi connectivity index (χ3n) is 6.25. The number of nitrogens with one attached hydrogen (secondary N) is 2. The molecule has 1 heterocycles. The van der Waals surface area contributed by atoms with E-state index in [0.29, 0.717) is 17.7 Å². The first-order valence-electron chi connectivity index (χ1n) is 9.24. The molecule has 134 valence electrons. The molecule has 1 aromatic carbocycles. The van der Waals surface area contributed by atoms with Crippen molar-refractivity contribution in [1.82, 2.24) is 10.6 Å². The van der Waals surface area contributed by atoms with E-state index in [-0.39, 0.29) is 35.1 Å². The van der Waals surface area contributed by atoms with Crippen LogP contribution in [0.4, 0.5) is 0 Å². The lowest BCUT2D eigenvalue weighted by atomic mass is 9.52. The predicted molar refractivity (Wildman–Crippen MR) is 94.1 cm³/mol. The quantitative estimate of drug-likeness (QED) is 0.868. The zero-order chi connectivity index (χ0) is 17.8. The molecule has 3 fully saturated rings. The Kier molecular flexibility index (Phi) is 3.60. The van der Waals surface area contributed by atoms with Crippen LogP contribution in [0.15, 0.2) is 24.3 Å². The highest BCUT2D eigenvalue weighted by atomic mass is 16.5. The second-order valence-corrected chi connectivity index (χ2v) is 8.46. The summed E-state index contributed by atoms with van der Waals surface area (Å²) in [6, 6.07) is 7.54. The van der Waals surface area contributed by atoms with Crippen molar-refractivity contribution in [2.45, 2.75) is 58.2 Å². The van der Waals surface area contributed by atoms with Gasteiger partial charge in [-0.25, -0.2) is 0 Å². The van der Waals surface area contributed by atoms with Crippen LogP contribution >= 0.6 is 0 Å². The van der Waals surface area contributed by atoms with Crippen molar-refractivity contribution < 1.29 is 14.3 Å². The molecule has 2 bridgehead atoms. The predicted octanol–water partition coefficient (Wildman–Crippen LogP) is 2.86. The number of carbonyl (C=O) groups is 2. The molecule has 2 N–H and O–H groups in total. The second-order valence-electron chi connectivity index (χ2n) is 8.46. The zero-order valence-electron chi connectivity index (χ0n) is 15.1. The SMILES string of the molecule is CC(C)NC(=O)[C@H]1C[C@H]2CC[C@@]1(C)C[C@@]21NC(=O)c2ccccc2O1. The number of hydrogen-bond donors (Lipinski definition) is 2. The molecule has 1 spiro atoms. The van der Waals surface area contributed by atoms with Crippen LogP contribution in [-0.4, -0.2) is 23.6 Å². The normalized spacial score (nSPS) is 35.9.